The fourth-order valence-corrected chi connectivity index (χ4v) is 3.36. The van der Waals surface area contributed by atoms with Crippen molar-refractivity contribution in [3.05, 3.63) is 50.7 Å². The molecule has 0 spiro atoms. The molecule has 0 atom stereocenters. The molecule has 10 heteroatoms. The molecule has 0 amide bonds. The Morgan fingerprint density at radius 2 is 1.89 bits per heavy atom. The third-order valence-corrected chi connectivity index (χ3v) is 4.99. The molecule has 0 aliphatic rings. The number of benzene rings is 1. The summed E-state index contributed by atoms with van der Waals surface area (Å²) in [7, 11) is 4.47. The number of ketones is 1. The van der Waals surface area contributed by atoms with Crippen molar-refractivity contribution in [2.75, 3.05) is 23.9 Å². The molecule has 0 radical (unpaired) electrons. The molecule has 140 valence electrons. The van der Waals surface area contributed by atoms with E-state index in [2.05, 4.69) is 15.3 Å². The minimum Gasteiger partial charge on any atom is -0.384 e. The number of carbonyl (C=O) groups excluding carboxylic acids is 1. The van der Waals surface area contributed by atoms with Crippen molar-refractivity contribution >= 4 is 40.1 Å². The maximum absolute atomic E-state index is 12.6. The van der Waals surface area contributed by atoms with Crippen molar-refractivity contribution in [3.63, 3.8) is 0 Å². The molecule has 2 heterocycles. The molecular formula is C17H18N6O3S. The van der Waals surface area contributed by atoms with Gasteiger partial charge < -0.3 is 11.1 Å². The first-order valence-corrected chi connectivity index (χ1v) is 8.99. The molecule has 3 N–H and O–H groups in total. The first-order valence-electron chi connectivity index (χ1n) is 8.01. The number of nitrogens with two attached hydrogens (primary N) is 1. The first kappa shape index (κ1) is 18.6. The maximum Gasteiger partial charge on any atom is 0.332 e. The van der Waals surface area contributed by atoms with Crippen LogP contribution in [-0.2, 0) is 14.1 Å². The number of Topliss-reactive ketones (excluding diaryl/α,β-unsaturated/α-hetero) is 1. The van der Waals surface area contributed by atoms with Gasteiger partial charge in [0.2, 0.25) is 0 Å². The van der Waals surface area contributed by atoms with Gasteiger partial charge in [-0.3, -0.25) is 18.7 Å². The summed E-state index contributed by atoms with van der Waals surface area (Å²) in [5.74, 6) is -0.0762. The van der Waals surface area contributed by atoms with Gasteiger partial charge in [-0.25, -0.2) is 14.8 Å². The highest BCUT2D eigenvalue weighted by Crippen LogP contribution is 2.24. The van der Waals surface area contributed by atoms with Crippen molar-refractivity contribution in [2.45, 2.75) is 5.16 Å². The van der Waals surface area contributed by atoms with Gasteiger partial charge in [-0.15, -0.1) is 0 Å². The lowest BCUT2D eigenvalue weighted by molar-refractivity contribution is 0.102. The van der Waals surface area contributed by atoms with Gasteiger partial charge in [-0.2, -0.15) is 0 Å². The zero-order valence-corrected chi connectivity index (χ0v) is 15.8. The predicted octanol–water partition coefficient (Wildman–Crippen LogP) is 0.626. The molecule has 0 aliphatic carbocycles. The summed E-state index contributed by atoms with van der Waals surface area (Å²) < 4.78 is 1.94. The number of nitrogen functional groups attached to an aromatic ring is 1. The van der Waals surface area contributed by atoms with Crippen molar-refractivity contribution in [1.29, 1.82) is 0 Å². The number of aromatic nitrogens is 4. The SMILES string of the molecule is CNc1nc(SCC(=O)c2c(N)n(C)c(=O)n(C)c2=O)nc2ccccc12. The summed E-state index contributed by atoms with van der Waals surface area (Å²) in [5, 5.41) is 4.27. The Hall–Kier alpha value is -3.14. The Morgan fingerprint density at radius 1 is 1.19 bits per heavy atom. The van der Waals surface area contributed by atoms with Crippen molar-refractivity contribution in [3.8, 4) is 0 Å². The summed E-state index contributed by atoms with van der Waals surface area (Å²) in [4.78, 5) is 45.6. The Labute approximate surface area is 158 Å². The molecule has 27 heavy (non-hydrogen) atoms. The van der Waals surface area contributed by atoms with Crippen LogP contribution in [0.4, 0.5) is 11.6 Å². The molecule has 3 rings (SSSR count). The van der Waals surface area contributed by atoms with Gasteiger partial charge in [0.25, 0.3) is 5.56 Å². The highest BCUT2D eigenvalue weighted by atomic mass is 32.2. The molecule has 1 aromatic carbocycles. The standard InChI is InChI=1S/C17H18N6O3S/c1-19-14-9-6-4-5-7-10(9)20-16(21-14)27-8-11(24)12-13(18)22(2)17(26)23(3)15(12)25/h4-7H,8,18H2,1-3H3,(H,19,20,21). The molecule has 2 aromatic heterocycles. The van der Waals surface area contributed by atoms with Gasteiger partial charge >= 0.3 is 5.69 Å². The quantitative estimate of drug-likeness (QED) is 0.371. The fraction of sp³-hybridized carbons (Fsp3) is 0.235. The van der Waals surface area contributed by atoms with Crippen LogP contribution in [0.2, 0.25) is 0 Å². The van der Waals surface area contributed by atoms with E-state index in [4.69, 9.17) is 5.73 Å². The lowest BCUT2D eigenvalue weighted by Crippen LogP contribution is -2.41. The Bertz CT molecular complexity index is 1170. The summed E-state index contributed by atoms with van der Waals surface area (Å²) in [6.07, 6.45) is 0. The predicted molar refractivity (Wildman–Crippen MR) is 105 cm³/mol. The fourth-order valence-electron chi connectivity index (χ4n) is 2.63. The number of thioether (sulfide) groups is 1. The van der Waals surface area contributed by atoms with Gasteiger partial charge in [0.05, 0.1) is 11.3 Å². The third-order valence-electron chi connectivity index (χ3n) is 4.14. The summed E-state index contributed by atoms with van der Waals surface area (Å²) in [6, 6.07) is 7.50. The highest BCUT2D eigenvalue weighted by Gasteiger charge is 2.20. The van der Waals surface area contributed by atoms with E-state index >= 15 is 0 Å². The topological polar surface area (TPSA) is 125 Å². The molecule has 0 bridgehead atoms. The average Bonchev–Trinajstić information content (AvgIpc) is 2.68. The second-order valence-electron chi connectivity index (χ2n) is 5.80. The number of hydrogen-bond acceptors (Lipinski definition) is 8. The van der Waals surface area contributed by atoms with E-state index < -0.39 is 17.0 Å². The van der Waals surface area contributed by atoms with E-state index in [1.807, 2.05) is 24.3 Å². The third kappa shape index (κ3) is 3.31. The molecule has 3 aromatic rings. The number of fused-ring (bicyclic) bond motifs is 1. The van der Waals surface area contributed by atoms with E-state index in [1.165, 1.54) is 14.1 Å². The number of para-hydroxylation sites is 1. The van der Waals surface area contributed by atoms with E-state index in [0.717, 1.165) is 31.8 Å². The Balaban J connectivity index is 1.92. The number of hydrogen-bond donors (Lipinski definition) is 2. The molecule has 9 nitrogen and oxygen atoms in total. The summed E-state index contributed by atoms with van der Waals surface area (Å²) in [5.41, 5.74) is 5.06. The maximum atomic E-state index is 12.6. The van der Waals surface area contributed by atoms with E-state index in [1.54, 1.807) is 7.05 Å². The zero-order valence-electron chi connectivity index (χ0n) is 15.0. The van der Waals surface area contributed by atoms with E-state index in [-0.39, 0.29) is 17.1 Å². The summed E-state index contributed by atoms with van der Waals surface area (Å²) in [6.45, 7) is 0. The lowest BCUT2D eigenvalue weighted by Gasteiger charge is -2.11. The average molecular weight is 386 g/mol. The Kier molecular flexibility index (Phi) is 5.00. The van der Waals surface area contributed by atoms with Crippen LogP contribution in [-0.4, -0.2) is 37.7 Å². The molecule has 0 saturated heterocycles. The number of nitrogens with zero attached hydrogens (tertiary/aromatic N) is 4. The largest absolute Gasteiger partial charge is 0.384 e. The van der Waals surface area contributed by atoms with E-state index in [0.29, 0.717) is 11.0 Å². The van der Waals surface area contributed by atoms with Gasteiger partial charge in [-0.1, -0.05) is 23.9 Å². The Morgan fingerprint density at radius 3 is 2.59 bits per heavy atom. The second-order valence-corrected chi connectivity index (χ2v) is 6.74. The normalized spacial score (nSPS) is 10.9. The monoisotopic (exact) mass is 386 g/mol. The number of rotatable bonds is 5. The van der Waals surface area contributed by atoms with Crippen LogP contribution in [0.3, 0.4) is 0 Å². The van der Waals surface area contributed by atoms with Gasteiger partial charge in [0, 0.05) is 26.5 Å². The van der Waals surface area contributed by atoms with Gasteiger partial charge in [-0.05, 0) is 12.1 Å². The van der Waals surface area contributed by atoms with Crippen LogP contribution in [0.5, 0.6) is 0 Å². The smallest absolute Gasteiger partial charge is 0.332 e. The minimum atomic E-state index is -0.712. The second kappa shape index (κ2) is 7.23. The van der Waals surface area contributed by atoms with Crippen LogP contribution < -0.4 is 22.3 Å². The van der Waals surface area contributed by atoms with Crippen LogP contribution in [0, 0.1) is 0 Å². The van der Waals surface area contributed by atoms with E-state index in [9.17, 15) is 14.4 Å². The van der Waals surface area contributed by atoms with Crippen molar-refractivity contribution in [2.24, 2.45) is 14.1 Å². The molecule has 0 unspecified atom stereocenters. The first-order chi connectivity index (χ1) is 12.8. The highest BCUT2D eigenvalue weighted by molar-refractivity contribution is 7.99. The van der Waals surface area contributed by atoms with Crippen LogP contribution in [0.1, 0.15) is 10.4 Å². The molecule has 0 fully saturated rings. The summed E-state index contributed by atoms with van der Waals surface area (Å²) >= 11 is 1.10. The lowest BCUT2D eigenvalue weighted by atomic mass is 10.2. The number of carbonyl (C=O) groups is 1. The van der Waals surface area contributed by atoms with Gasteiger partial charge in [0.1, 0.15) is 17.2 Å². The number of nitrogens with one attached hydrogen (secondary N) is 1. The van der Waals surface area contributed by atoms with Crippen LogP contribution >= 0.6 is 11.8 Å². The van der Waals surface area contributed by atoms with Crippen LogP contribution in [0.25, 0.3) is 10.9 Å². The zero-order chi connectivity index (χ0) is 19.7. The van der Waals surface area contributed by atoms with Gasteiger partial charge in [0.15, 0.2) is 10.9 Å². The minimum absolute atomic E-state index is 0.0842. The molecule has 0 aliphatic heterocycles. The molecular weight excluding hydrogens is 368 g/mol. The van der Waals surface area contributed by atoms with Crippen molar-refractivity contribution in [1.82, 2.24) is 19.1 Å². The van der Waals surface area contributed by atoms with Crippen LogP contribution in [0.15, 0.2) is 39.0 Å². The van der Waals surface area contributed by atoms with Crippen molar-refractivity contribution < 1.29 is 4.79 Å². The number of anilines is 2. The molecule has 0 saturated carbocycles.